The Bertz CT molecular complexity index is 566. The van der Waals surface area contributed by atoms with Gasteiger partial charge in [0.1, 0.15) is 17.5 Å². The van der Waals surface area contributed by atoms with Crippen LogP contribution in [-0.2, 0) is 6.54 Å². The molecule has 0 atom stereocenters. The highest BCUT2D eigenvalue weighted by atomic mass is 15.1. The molecule has 1 aliphatic rings. The van der Waals surface area contributed by atoms with Crippen LogP contribution in [0.5, 0.6) is 0 Å². The van der Waals surface area contributed by atoms with Crippen molar-refractivity contribution in [2.45, 2.75) is 32.2 Å². The molecule has 1 aliphatic carbocycles. The lowest BCUT2D eigenvalue weighted by atomic mass is 10.3. The van der Waals surface area contributed by atoms with Crippen molar-refractivity contribution in [3.05, 3.63) is 42.0 Å². The SMILES string of the molecule is CCNc1cc(NCc2ccncc2)nc(C2CC2)n1. The fraction of sp³-hybridized carbons (Fsp3) is 0.400. The summed E-state index contributed by atoms with van der Waals surface area (Å²) in [4.78, 5) is 13.2. The van der Waals surface area contributed by atoms with Crippen LogP contribution in [0.1, 0.15) is 37.1 Å². The first-order chi connectivity index (χ1) is 9.85. The summed E-state index contributed by atoms with van der Waals surface area (Å²) >= 11 is 0. The zero-order valence-corrected chi connectivity index (χ0v) is 11.6. The number of rotatable bonds is 6. The molecule has 0 bridgehead atoms. The van der Waals surface area contributed by atoms with Gasteiger partial charge in [-0.15, -0.1) is 0 Å². The van der Waals surface area contributed by atoms with Crippen molar-refractivity contribution >= 4 is 11.6 Å². The van der Waals surface area contributed by atoms with Gasteiger partial charge in [0, 0.05) is 37.5 Å². The van der Waals surface area contributed by atoms with Crippen LogP contribution >= 0.6 is 0 Å². The molecule has 2 aromatic heterocycles. The molecule has 2 N–H and O–H groups in total. The van der Waals surface area contributed by atoms with Gasteiger partial charge in [-0.2, -0.15) is 0 Å². The number of pyridine rings is 1. The van der Waals surface area contributed by atoms with Crippen LogP contribution in [0.15, 0.2) is 30.6 Å². The van der Waals surface area contributed by atoms with Gasteiger partial charge in [0.25, 0.3) is 0 Å². The zero-order chi connectivity index (χ0) is 13.8. The molecule has 0 aliphatic heterocycles. The molecule has 0 unspecified atom stereocenters. The lowest BCUT2D eigenvalue weighted by molar-refractivity contribution is 0.918. The standard InChI is InChI=1S/C15H19N5/c1-2-17-13-9-14(20-15(19-13)12-3-4-12)18-10-11-5-7-16-8-6-11/h5-9,12H,2-4,10H2,1H3,(H2,17,18,19,20). The van der Waals surface area contributed by atoms with E-state index in [4.69, 9.17) is 0 Å². The first-order valence-electron chi connectivity index (χ1n) is 7.11. The van der Waals surface area contributed by atoms with Crippen molar-refractivity contribution in [1.29, 1.82) is 0 Å². The molecule has 5 heteroatoms. The summed E-state index contributed by atoms with van der Waals surface area (Å²) in [5.41, 5.74) is 1.19. The van der Waals surface area contributed by atoms with Crippen LogP contribution in [0, 0.1) is 0 Å². The van der Waals surface area contributed by atoms with Crippen LogP contribution in [0.25, 0.3) is 0 Å². The Morgan fingerprint density at radius 3 is 2.45 bits per heavy atom. The molecule has 5 nitrogen and oxygen atoms in total. The number of nitrogens with one attached hydrogen (secondary N) is 2. The summed E-state index contributed by atoms with van der Waals surface area (Å²) in [6.07, 6.45) is 6.02. The maximum atomic E-state index is 4.61. The van der Waals surface area contributed by atoms with E-state index in [1.807, 2.05) is 18.2 Å². The second kappa shape index (κ2) is 5.86. The first kappa shape index (κ1) is 12.8. The Kier molecular flexibility index (Phi) is 3.76. The molecule has 0 spiro atoms. The minimum Gasteiger partial charge on any atom is -0.370 e. The molecule has 2 heterocycles. The average Bonchev–Trinajstić information content (AvgIpc) is 3.31. The molecule has 3 rings (SSSR count). The molecular weight excluding hydrogens is 250 g/mol. The van der Waals surface area contributed by atoms with Crippen molar-refractivity contribution < 1.29 is 0 Å². The summed E-state index contributed by atoms with van der Waals surface area (Å²) < 4.78 is 0. The Morgan fingerprint density at radius 1 is 1.10 bits per heavy atom. The van der Waals surface area contributed by atoms with E-state index in [2.05, 4.69) is 32.5 Å². The van der Waals surface area contributed by atoms with E-state index in [0.717, 1.165) is 30.5 Å². The van der Waals surface area contributed by atoms with Gasteiger partial charge in [0.2, 0.25) is 0 Å². The molecule has 0 saturated heterocycles. The van der Waals surface area contributed by atoms with Gasteiger partial charge >= 0.3 is 0 Å². The summed E-state index contributed by atoms with van der Waals surface area (Å²) in [6, 6.07) is 5.97. The number of anilines is 2. The van der Waals surface area contributed by atoms with E-state index in [9.17, 15) is 0 Å². The van der Waals surface area contributed by atoms with Crippen molar-refractivity contribution in [3.63, 3.8) is 0 Å². The number of hydrogen-bond acceptors (Lipinski definition) is 5. The second-order valence-electron chi connectivity index (χ2n) is 5.01. The molecule has 104 valence electrons. The van der Waals surface area contributed by atoms with Gasteiger partial charge in [0.05, 0.1) is 0 Å². The normalized spacial score (nSPS) is 14.1. The molecule has 0 radical (unpaired) electrons. The second-order valence-corrected chi connectivity index (χ2v) is 5.01. The lowest BCUT2D eigenvalue weighted by Gasteiger charge is -2.10. The quantitative estimate of drug-likeness (QED) is 0.844. The average molecular weight is 269 g/mol. The third-order valence-electron chi connectivity index (χ3n) is 3.27. The van der Waals surface area contributed by atoms with E-state index in [1.54, 1.807) is 12.4 Å². The molecule has 20 heavy (non-hydrogen) atoms. The topological polar surface area (TPSA) is 62.7 Å². The smallest absolute Gasteiger partial charge is 0.136 e. The number of nitrogens with zero attached hydrogens (tertiary/aromatic N) is 3. The zero-order valence-electron chi connectivity index (χ0n) is 11.6. The van der Waals surface area contributed by atoms with Gasteiger partial charge in [-0.3, -0.25) is 4.98 Å². The van der Waals surface area contributed by atoms with Gasteiger partial charge < -0.3 is 10.6 Å². The van der Waals surface area contributed by atoms with Crippen molar-refractivity contribution in [3.8, 4) is 0 Å². The highest BCUT2D eigenvalue weighted by Gasteiger charge is 2.27. The van der Waals surface area contributed by atoms with Crippen LogP contribution in [0.2, 0.25) is 0 Å². The van der Waals surface area contributed by atoms with Crippen LogP contribution in [0.4, 0.5) is 11.6 Å². The third kappa shape index (κ3) is 3.23. The number of aromatic nitrogens is 3. The molecule has 0 aromatic carbocycles. The summed E-state index contributed by atoms with van der Waals surface area (Å²) in [5, 5.41) is 6.63. The van der Waals surface area contributed by atoms with Crippen LogP contribution < -0.4 is 10.6 Å². The van der Waals surface area contributed by atoms with Crippen LogP contribution in [-0.4, -0.2) is 21.5 Å². The highest BCUT2D eigenvalue weighted by molar-refractivity contribution is 5.48. The summed E-state index contributed by atoms with van der Waals surface area (Å²) in [5.74, 6) is 3.30. The predicted molar refractivity (Wildman–Crippen MR) is 79.7 cm³/mol. The molecular formula is C15H19N5. The van der Waals surface area contributed by atoms with Crippen LogP contribution in [0.3, 0.4) is 0 Å². The predicted octanol–water partition coefficient (Wildman–Crippen LogP) is 2.79. The summed E-state index contributed by atoms with van der Waals surface area (Å²) in [7, 11) is 0. The molecule has 2 aromatic rings. The minimum atomic E-state index is 0.551. The van der Waals surface area contributed by atoms with E-state index in [-0.39, 0.29) is 0 Å². The van der Waals surface area contributed by atoms with Gasteiger partial charge in [-0.05, 0) is 37.5 Å². The van der Waals surface area contributed by atoms with Crippen molar-refractivity contribution in [2.75, 3.05) is 17.2 Å². The van der Waals surface area contributed by atoms with Gasteiger partial charge in [0.15, 0.2) is 0 Å². The monoisotopic (exact) mass is 269 g/mol. The lowest BCUT2D eigenvalue weighted by Crippen LogP contribution is -2.07. The fourth-order valence-electron chi connectivity index (χ4n) is 2.05. The van der Waals surface area contributed by atoms with E-state index < -0.39 is 0 Å². The molecule has 1 saturated carbocycles. The van der Waals surface area contributed by atoms with E-state index in [1.165, 1.54) is 18.4 Å². The Labute approximate surface area is 118 Å². The Balaban J connectivity index is 1.74. The Hall–Kier alpha value is -2.17. The van der Waals surface area contributed by atoms with E-state index in [0.29, 0.717) is 5.92 Å². The minimum absolute atomic E-state index is 0.551. The highest BCUT2D eigenvalue weighted by Crippen LogP contribution is 2.38. The third-order valence-corrected chi connectivity index (χ3v) is 3.27. The maximum absolute atomic E-state index is 4.61. The molecule has 0 amide bonds. The maximum Gasteiger partial charge on any atom is 0.136 e. The fourth-order valence-corrected chi connectivity index (χ4v) is 2.05. The van der Waals surface area contributed by atoms with Crippen molar-refractivity contribution in [1.82, 2.24) is 15.0 Å². The Morgan fingerprint density at radius 2 is 1.80 bits per heavy atom. The first-order valence-corrected chi connectivity index (χ1v) is 7.11. The van der Waals surface area contributed by atoms with E-state index >= 15 is 0 Å². The summed E-state index contributed by atoms with van der Waals surface area (Å²) in [6.45, 7) is 3.68. The largest absolute Gasteiger partial charge is 0.370 e. The van der Waals surface area contributed by atoms with Gasteiger partial charge in [-0.25, -0.2) is 9.97 Å². The molecule has 1 fully saturated rings. The van der Waals surface area contributed by atoms with Gasteiger partial charge in [-0.1, -0.05) is 0 Å². The number of hydrogen-bond donors (Lipinski definition) is 2. The van der Waals surface area contributed by atoms with Crippen molar-refractivity contribution in [2.24, 2.45) is 0 Å².